The van der Waals surface area contributed by atoms with Crippen molar-refractivity contribution in [2.75, 3.05) is 5.43 Å². The van der Waals surface area contributed by atoms with E-state index >= 15 is 0 Å². The number of hydrogen-bond donors (Lipinski definition) is 3. The molecule has 0 amide bonds. The van der Waals surface area contributed by atoms with Crippen LogP contribution in [0.2, 0.25) is 0 Å². The van der Waals surface area contributed by atoms with Gasteiger partial charge in [0.1, 0.15) is 6.07 Å². The minimum Gasteiger partial charge on any atom is -0.382 e. The summed E-state index contributed by atoms with van der Waals surface area (Å²) in [5.41, 5.74) is 10.7. The van der Waals surface area contributed by atoms with E-state index < -0.39 is 0 Å². The van der Waals surface area contributed by atoms with Crippen molar-refractivity contribution in [3.05, 3.63) is 29.3 Å². The third-order valence-corrected chi connectivity index (χ3v) is 2.03. The molecule has 1 aromatic carbocycles. The Kier molecular flexibility index (Phi) is 3.62. The van der Waals surface area contributed by atoms with E-state index in [9.17, 15) is 0 Å². The smallest absolute Gasteiger partial charge is 0.201 e. The molecular formula is C11H13N5. The molecule has 0 saturated carbocycles. The van der Waals surface area contributed by atoms with Crippen molar-refractivity contribution in [1.82, 2.24) is 0 Å². The molecule has 0 bridgehead atoms. The number of nitrogens with two attached hydrogens (primary N) is 1. The Balaban J connectivity index is 2.90. The number of hydrogen-bond acceptors (Lipinski definition) is 4. The number of benzene rings is 1. The van der Waals surface area contributed by atoms with E-state index in [-0.39, 0.29) is 11.5 Å². The number of rotatable bonds is 3. The first-order valence-corrected chi connectivity index (χ1v) is 4.70. The summed E-state index contributed by atoms with van der Waals surface area (Å²) in [6.07, 6.45) is 0. The lowest BCUT2D eigenvalue weighted by molar-refractivity contribution is 1.28. The summed E-state index contributed by atoms with van der Waals surface area (Å²) in [5, 5.41) is 19.5. The van der Waals surface area contributed by atoms with Crippen molar-refractivity contribution in [3.8, 4) is 6.07 Å². The lowest BCUT2D eigenvalue weighted by Crippen LogP contribution is -2.21. The molecule has 0 atom stereocenters. The van der Waals surface area contributed by atoms with Gasteiger partial charge in [-0.1, -0.05) is 17.7 Å². The van der Waals surface area contributed by atoms with Crippen LogP contribution in [0.3, 0.4) is 0 Å². The number of amidine groups is 1. The summed E-state index contributed by atoms with van der Waals surface area (Å²) in [7, 11) is 0. The molecule has 0 aliphatic heterocycles. The highest BCUT2D eigenvalue weighted by molar-refractivity contribution is 6.45. The first kappa shape index (κ1) is 11.7. The third-order valence-electron chi connectivity index (χ3n) is 2.03. The van der Waals surface area contributed by atoms with Gasteiger partial charge in [0.25, 0.3) is 0 Å². The normalized spacial score (nSPS) is 10.7. The Morgan fingerprint density at radius 2 is 2.19 bits per heavy atom. The number of anilines is 1. The molecule has 0 aliphatic rings. The highest BCUT2D eigenvalue weighted by Crippen LogP contribution is 2.15. The van der Waals surface area contributed by atoms with Gasteiger partial charge in [0, 0.05) is 0 Å². The van der Waals surface area contributed by atoms with Crippen LogP contribution in [0.15, 0.2) is 23.3 Å². The molecular weight excluding hydrogens is 202 g/mol. The zero-order valence-electron chi connectivity index (χ0n) is 9.20. The van der Waals surface area contributed by atoms with Gasteiger partial charge in [-0.25, -0.2) is 0 Å². The summed E-state index contributed by atoms with van der Waals surface area (Å²) >= 11 is 0. The summed E-state index contributed by atoms with van der Waals surface area (Å²) < 4.78 is 0. The Hall–Kier alpha value is -2.35. The molecule has 0 heterocycles. The minimum absolute atomic E-state index is 0.125. The average Bonchev–Trinajstić information content (AvgIpc) is 2.21. The lowest BCUT2D eigenvalue weighted by atomic mass is 10.1. The molecule has 0 aliphatic carbocycles. The van der Waals surface area contributed by atoms with E-state index in [0.29, 0.717) is 0 Å². The second-order valence-electron chi connectivity index (χ2n) is 3.42. The van der Waals surface area contributed by atoms with E-state index in [1.807, 2.05) is 32.0 Å². The predicted molar refractivity (Wildman–Crippen MR) is 64.5 cm³/mol. The Labute approximate surface area is 94.1 Å². The molecule has 0 saturated heterocycles. The van der Waals surface area contributed by atoms with Crippen LogP contribution in [0.4, 0.5) is 5.69 Å². The van der Waals surface area contributed by atoms with E-state index in [4.69, 9.17) is 16.4 Å². The monoisotopic (exact) mass is 215 g/mol. The highest BCUT2D eigenvalue weighted by atomic mass is 15.3. The maximum absolute atomic E-state index is 8.65. The molecule has 16 heavy (non-hydrogen) atoms. The van der Waals surface area contributed by atoms with Crippen molar-refractivity contribution in [2.45, 2.75) is 13.8 Å². The van der Waals surface area contributed by atoms with Crippen molar-refractivity contribution < 1.29 is 0 Å². The molecule has 1 rings (SSSR count). The standard InChI is InChI=1S/C11H13N5/c1-7-3-4-9(8(2)5-7)15-16-10(6-12)11(13)14/h3-5,15H,1-2H3,(H3,13,14)/b16-10+. The van der Waals surface area contributed by atoms with Crippen molar-refractivity contribution in [2.24, 2.45) is 10.8 Å². The van der Waals surface area contributed by atoms with Gasteiger partial charge in [-0.15, -0.1) is 0 Å². The fraction of sp³-hybridized carbons (Fsp3) is 0.182. The van der Waals surface area contributed by atoms with Crippen LogP contribution in [0, 0.1) is 30.6 Å². The van der Waals surface area contributed by atoms with Crippen LogP contribution in [0.1, 0.15) is 11.1 Å². The molecule has 82 valence electrons. The van der Waals surface area contributed by atoms with Crippen LogP contribution in [-0.4, -0.2) is 11.5 Å². The molecule has 0 spiro atoms. The predicted octanol–water partition coefficient (Wildman–Crippen LogP) is 1.53. The molecule has 4 N–H and O–H groups in total. The molecule has 0 aromatic heterocycles. The van der Waals surface area contributed by atoms with Crippen LogP contribution in [0.25, 0.3) is 0 Å². The van der Waals surface area contributed by atoms with E-state index in [1.54, 1.807) is 6.07 Å². The number of aryl methyl sites for hydroxylation is 2. The molecule has 5 nitrogen and oxygen atoms in total. The fourth-order valence-corrected chi connectivity index (χ4v) is 1.20. The third kappa shape index (κ3) is 2.82. The van der Waals surface area contributed by atoms with Gasteiger partial charge in [0.05, 0.1) is 5.69 Å². The van der Waals surface area contributed by atoms with Crippen LogP contribution in [0.5, 0.6) is 0 Å². The zero-order valence-corrected chi connectivity index (χ0v) is 9.20. The second-order valence-corrected chi connectivity index (χ2v) is 3.42. The van der Waals surface area contributed by atoms with Crippen molar-refractivity contribution >= 4 is 17.2 Å². The molecule has 0 fully saturated rings. The minimum atomic E-state index is -0.347. The fourth-order valence-electron chi connectivity index (χ4n) is 1.20. The van der Waals surface area contributed by atoms with Crippen LogP contribution < -0.4 is 11.2 Å². The summed E-state index contributed by atoms with van der Waals surface area (Å²) in [6.45, 7) is 3.93. The van der Waals surface area contributed by atoms with Gasteiger partial charge >= 0.3 is 0 Å². The molecule has 1 aromatic rings. The van der Waals surface area contributed by atoms with Gasteiger partial charge in [-0.3, -0.25) is 10.8 Å². The van der Waals surface area contributed by atoms with Gasteiger partial charge < -0.3 is 5.73 Å². The number of hydrazone groups is 1. The molecule has 5 heteroatoms. The number of nitriles is 1. The number of nitrogens with zero attached hydrogens (tertiary/aromatic N) is 2. The molecule has 0 radical (unpaired) electrons. The van der Waals surface area contributed by atoms with Gasteiger partial charge in [-0.05, 0) is 25.5 Å². The lowest BCUT2D eigenvalue weighted by Gasteiger charge is -2.05. The van der Waals surface area contributed by atoms with Crippen molar-refractivity contribution in [1.29, 1.82) is 10.7 Å². The highest BCUT2D eigenvalue weighted by Gasteiger charge is 2.02. The Bertz CT molecular complexity index is 482. The van der Waals surface area contributed by atoms with Crippen LogP contribution >= 0.6 is 0 Å². The van der Waals surface area contributed by atoms with E-state index in [1.165, 1.54) is 0 Å². The Morgan fingerprint density at radius 3 is 2.69 bits per heavy atom. The quantitative estimate of drug-likeness (QED) is 0.405. The van der Waals surface area contributed by atoms with E-state index in [2.05, 4.69) is 10.5 Å². The summed E-state index contributed by atoms with van der Waals surface area (Å²) in [6, 6.07) is 7.54. The molecule has 0 unspecified atom stereocenters. The van der Waals surface area contributed by atoms with Gasteiger partial charge in [0.15, 0.2) is 5.84 Å². The zero-order chi connectivity index (χ0) is 12.1. The maximum atomic E-state index is 8.65. The summed E-state index contributed by atoms with van der Waals surface area (Å²) in [4.78, 5) is 0. The topological polar surface area (TPSA) is 98.0 Å². The first-order valence-electron chi connectivity index (χ1n) is 4.70. The SMILES string of the molecule is Cc1ccc(N/N=C(\C#N)C(=N)N)c(C)c1. The second kappa shape index (κ2) is 4.94. The van der Waals surface area contributed by atoms with Crippen LogP contribution in [-0.2, 0) is 0 Å². The van der Waals surface area contributed by atoms with Crippen molar-refractivity contribution in [3.63, 3.8) is 0 Å². The summed E-state index contributed by atoms with van der Waals surface area (Å²) in [5.74, 6) is -0.347. The number of nitrogens with one attached hydrogen (secondary N) is 2. The Morgan fingerprint density at radius 1 is 1.50 bits per heavy atom. The maximum Gasteiger partial charge on any atom is 0.201 e. The van der Waals surface area contributed by atoms with Gasteiger partial charge in [0.2, 0.25) is 5.71 Å². The first-order chi connectivity index (χ1) is 7.54. The van der Waals surface area contributed by atoms with E-state index in [0.717, 1.165) is 16.8 Å². The largest absolute Gasteiger partial charge is 0.382 e. The van der Waals surface area contributed by atoms with Gasteiger partial charge in [-0.2, -0.15) is 10.4 Å². The average molecular weight is 215 g/mol.